The second-order valence-electron chi connectivity index (χ2n) is 4.40. The molecule has 1 aromatic carbocycles. The van der Waals surface area contributed by atoms with Gasteiger partial charge in [-0.25, -0.2) is 4.39 Å². The van der Waals surface area contributed by atoms with Crippen molar-refractivity contribution in [2.75, 3.05) is 13.2 Å². The van der Waals surface area contributed by atoms with E-state index < -0.39 is 23.4 Å². The molecule has 1 saturated heterocycles. The van der Waals surface area contributed by atoms with Crippen LogP contribution in [0.4, 0.5) is 8.78 Å². The number of phenols is 1. The van der Waals surface area contributed by atoms with Crippen LogP contribution < -0.4 is 5.73 Å². The molecule has 0 unspecified atom stereocenters. The van der Waals surface area contributed by atoms with Crippen LogP contribution in [0.5, 0.6) is 5.75 Å². The van der Waals surface area contributed by atoms with Gasteiger partial charge in [-0.15, -0.1) is 0 Å². The molecular formula is C12H14BrF2NO2. The van der Waals surface area contributed by atoms with Gasteiger partial charge in [-0.3, -0.25) is 0 Å². The fourth-order valence-corrected chi connectivity index (χ4v) is 2.61. The van der Waals surface area contributed by atoms with Crippen molar-refractivity contribution < 1.29 is 18.6 Å². The van der Waals surface area contributed by atoms with Crippen molar-refractivity contribution in [3.05, 3.63) is 27.7 Å². The first-order valence-corrected chi connectivity index (χ1v) is 6.51. The fraction of sp³-hybridized carbons (Fsp3) is 0.500. The van der Waals surface area contributed by atoms with Crippen LogP contribution >= 0.6 is 15.9 Å². The Labute approximate surface area is 112 Å². The maximum atomic E-state index is 13.4. The third kappa shape index (κ3) is 2.50. The van der Waals surface area contributed by atoms with Crippen molar-refractivity contribution in [2.45, 2.75) is 18.9 Å². The maximum Gasteiger partial charge on any atom is 0.201 e. The van der Waals surface area contributed by atoms with Crippen LogP contribution in [-0.4, -0.2) is 18.3 Å². The number of halogens is 3. The molecule has 1 heterocycles. The molecule has 2 rings (SSSR count). The van der Waals surface area contributed by atoms with Crippen molar-refractivity contribution >= 4 is 15.9 Å². The highest BCUT2D eigenvalue weighted by Crippen LogP contribution is 2.37. The quantitative estimate of drug-likeness (QED) is 0.823. The van der Waals surface area contributed by atoms with Crippen LogP contribution in [0.3, 0.4) is 0 Å². The number of hydrogen-bond donors (Lipinski definition) is 2. The van der Waals surface area contributed by atoms with E-state index in [1.807, 2.05) is 0 Å². The van der Waals surface area contributed by atoms with Crippen molar-refractivity contribution in [1.29, 1.82) is 0 Å². The molecule has 1 atom stereocenters. The second kappa shape index (κ2) is 5.50. The number of nitrogens with two attached hydrogens (primary N) is 1. The minimum absolute atomic E-state index is 0.0321. The number of phenolic OH excluding ortho intramolecular Hbond substituents is 1. The zero-order valence-corrected chi connectivity index (χ0v) is 11.2. The van der Waals surface area contributed by atoms with E-state index >= 15 is 0 Å². The lowest BCUT2D eigenvalue weighted by atomic mass is 9.87. The average Bonchev–Trinajstić information content (AvgIpc) is 2.41. The molecule has 0 bridgehead atoms. The Morgan fingerprint density at radius 3 is 2.56 bits per heavy atom. The monoisotopic (exact) mass is 321 g/mol. The highest BCUT2D eigenvalue weighted by atomic mass is 79.9. The number of ether oxygens (including phenoxy) is 1. The number of aromatic hydroxyl groups is 1. The third-order valence-corrected chi connectivity index (χ3v) is 3.88. The van der Waals surface area contributed by atoms with Crippen molar-refractivity contribution in [2.24, 2.45) is 11.7 Å². The van der Waals surface area contributed by atoms with E-state index in [0.717, 1.165) is 12.8 Å². The standard InChI is InChI=1S/C12H14BrF2NO2/c13-8-5-7(12(17)10(15)9(8)14)11(16)6-1-3-18-4-2-6/h5-6,11,17H,1-4,16H2/t11-/m0/s1. The van der Waals surface area contributed by atoms with Gasteiger partial charge in [0, 0.05) is 24.8 Å². The van der Waals surface area contributed by atoms with Crippen LogP contribution in [0.1, 0.15) is 24.4 Å². The summed E-state index contributed by atoms with van der Waals surface area (Å²) in [5.41, 5.74) is 6.26. The lowest BCUT2D eigenvalue weighted by Gasteiger charge is -2.28. The van der Waals surface area contributed by atoms with Gasteiger partial charge in [-0.1, -0.05) is 0 Å². The van der Waals surface area contributed by atoms with E-state index in [4.69, 9.17) is 10.5 Å². The van der Waals surface area contributed by atoms with Gasteiger partial charge >= 0.3 is 0 Å². The van der Waals surface area contributed by atoms with Gasteiger partial charge in [-0.05, 0) is 40.8 Å². The highest BCUT2D eigenvalue weighted by molar-refractivity contribution is 9.10. The molecule has 6 heteroatoms. The third-order valence-electron chi connectivity index (χ3n) is 3.30. The van der Waals surface area contributed by atoms with E-state index in [1.165, 1.54) is 6.07 Å². The van der Waals surface area contributed by atoms with Crippen LogP contribution in [-0.2, 0) is 4.74 Å². The summed E-state index contributed by atoms with van der Waals surface area (Å²) in [6.45, 7) is 1.20. The zero-order valence-electron chi connectivity index (χ0n) is 9.63. The van der Waals surface area contributed by atoms with E-state index in [0.29, 0.717) is 13.2 Å². The van der Waals surface area contributed by atoms with Crippen LogP contribution in [0.25, 0.3) is 0 Å². The molecule has 100 valence electrons. The first kappa shape index (κ1) is 13.7. The van der Waals surface area contributed by atoms with Crippen molar-refractivity contribution in [3.8, 4) is 5.75 Å². The van der Waals surface area contributed by atoms with Gasteiger partial charge < -0.3 is 15.6 Å². The smallest absolute Gasteiger partial charge is 0.201 e. The lowest BCUT2D eigenvalue weighted by molar-refractivity contribution is 0.0580. The highest BCUT2D eigenvalue weighted by Gasteiger charge is 2.27. The molecule has 1 fully saturated rings. The Morgan fingerprint density at radius 1 is 1.33 bits per heavy atom. The molecule has 1 aromatic rings. The molecule has 0 aromatic heterocycles. The Morgan fingerprint density at radius 2 is 1.94 bits per heavy atom. The molecule has 3 N–H and O–H groups in total. The number of rotatable bonds is 2. The van der Waals surface area contributed by atoms with Gasteiger partial charge in [0.1, 0.15) is 0 Å². The van der Waals surface area contributed by atoms with E-state index in [9.17, 15) is 13.9 Å². The van der Waals surface area contributed by atoms with E-state index in [-0.39, 0.29) is 16.0 Å². The SMILES string of the molecule is N[C@H](c1cc(Br)c(F)c(F)c1O)C1CCOCC1. The van der Waals surface area contributed by atoms with Crippen molar-refractivity contribution in [1.82, 2.24) is 0 Å². The minimum atomic E-state index is -1.26. The molecule has 0 radical (unpaired) electrons. The summed E-state index contributed by atoms with van der Waals surface area (Å²) < 4.78 is 31.9. The Bertz CT molecular complexity index is 450. The van der Waals surface area contributed by atoms with Crippen LogP contribution in [0.2, 0.25) is 0 Å². The first-order chi connectivity index (χ1) is 8.52. The molecule has 0 saturated carbocycles. The van der Waals surface area contributed by atoms with Crippen LogP contribution in [0, 0.1) is 17.6 Å². The molecule has 18 heavy (non-hydrogen) atoms. The van der Waals surface area contributed by atoms with Gasteiger partial charge in [-0.2, -0.15) is 4.39 Å². The first-order valence-electron chi connectivity index (χ1n) is 5.72. The van der Waals surface area contributed by atoms with E-state index in [1.54, 1.807) is 0 Å². The summed E-state index contributed by atoms with van der Waals surface area (Å²) in [6, 6.07) is 0.814. The molecule has 1 aliphatic heterocycles. The molecule has 0 spiro atoms. The summed E-state index contributed by atoms with van der Waals surface area (Å²) >= 11 is 2.92. The van der Waals surface area contributed by atoms with Gasteiger partial charge in [0.2, 0.25) is 5.82 Å². The Hall–Kier alpha value is -0.720. The normalized spacial score (nSPS) is 18.9. The fourth-order valence-electron chi connectivity index (χ4n) is 2.19. The topological polar surface area (TPSA) is 55.5 Å². The predicted octanol–water partition coefficient (Wildman–Crippen LogP) is 2.86. The number of benzene rings is 1. The van der Waals surface area contributed by atoms with Gasteiger partial charge in [0.05, 0.1) is 4.47 Å². The summed E-state index contributed by atoms with van der Waals surface area (Å²) in [5.74, 6) is -2.96. The summed E-state index contributed by atoms with van der Waals surface area (Å²) in [4.78, 5) is 0. The average molecular weight is 322 g/mol. The number of hydrogen-bond acceptors (Lipinski definition) is 3. The van der Waals surface area contributed by atoms with Gasteiger partial charge in [0.15, 0.2) is 11.6 Å². The Balaban J connectivity index is 2.32. The molecular weight excluding hydrogens is 308 g/mol. The molecule has 0 aliphatic carbocycles. The largest absolute Gasteiger partial charge is 0.505 e. The lowest BCUT2D eigenvalue weighted by Crippen LogP contribution is -2.27. The van der Waals surface area contributed by atoms with Gasteiger partial charge in [0.25, 0.3) is 0 Å². The van der Waals surface area contributed by atoms with Crippen LogP contribution in [0.15, 0.2) is 10.5 Å². The molecule has 0 amide bonds. The molecule has 1 aliphatic rings. The maximum absolute atomic E-state index is 13.4. The second-order valence-corrected chi connectivity index (χ2v) is 5.25. The summed E-state index contributed by atoms with van der Waals surface area (Å²) in [5, 5.41) is 9.66. The summed E-state index contributed by atoms with van der Waals surface area (Å²) in [7, 11) is 0. The Kier molecular flexibility index (Phi) is 4.19. The summed E-state index contributed by atoms with van der Waals surface area (Å²) in [6.07, 6.45) is 1.49. The minimum Gasteiger partial charge on any atom is -0.505 e. The predicted molar refractivity (Wildman–Crippen MR) is 66.2 cm³/mol. The molecule has 3 nitrogen and oxygen atoms in total. The van der Waals surface area contributed by atoms with E-state index in [2.05, 4.69) is 15.9 Å². The zero-order chi connectivity index (χ0) is 13.3. The van der Waals surface area contributed by atoms with Crippen molar-refractivity contribution in [3.63, 3.8) is 0 Å².